The minimum absolute atomic E-state index is 0.651. The molecular weight excluding hydrogens is 230 g/mol. The van der Waals surface area contributed by atoms with E-state index in [4.69, 9.17) is 0 Å². The highest BCUT2D eigenvalue weighted by atomic mass is 32.2. The molecule has 0 aromatic heterocycles. The number of aliphatic imine (C=N–C) groups is 1. The number of benzene rings is 1. The molecule has 92 valence electrons. The van der Waals surface area contributed by atoms with E-state index < -0.39 is 0 Å². The first-order valence-electron chi connectivity index (χ1n) is 5.94. The number of thioether (sulfide) groups is 1. The van der Waals surface area contributed by atoms with Crippen molar-refractivity contribution in [1.82, 2.24) is 0 Å². The fourth-order valence-electron chi connectivity index (χ4n) is 1.66. The topological polar surface area (TPSA) is 27.6 Å². The van der Waals surface area contributed by atoms with Crippen molar-refractivity contribution in [2.24, 2.45) is 4.99 Å². The number of amidine groups is 1. The highest BCUT2D eigenvalue weighted by molar-refractivity contribution is 8.15. The molecule has 1 aliphatic heterocycles. The summed E-state index contributed by atoms with van der Waals surface area (Å²) < 4.78 is 0. The monoisotopic (exact) mass is 249 g/mol. The Labute approximate surface area is 107 Å². The Kier molecular flexibility index (Phi) is 3.94. The van der Waals surface area contributed by atoms with Crippen LogP contribution < -0.4 is 10.2 Å². The second kappa shape index (κ2) is 5.45. The molecule has 1 unspecified atom stereocenters. The van der Waals surface area contributed by atoms with Gasteiger partial charge in [-0.25, -0.2) is 0 Å². The first-order chi connectivity index (χ1) is 8.19. The molecule has 0 saturated heterocycles. The minimum atomic E-state index is 0.651. The molecule has 1 aliphatic rings. The molecule has 1 atom stereocenters. The van der Waals surface area contributed by atoms with Gasteiger partial charge in [0.2, 0.25) is 0 Å². The first-order valence-corrected chi connectivity index (χ1v) is 6.82. The summed E-state index contributed by atoms with van der Waals surface area (Å²) in [4.78, 5) is 6.59. The van der Waals surface area contributed by atoms with Crippen molar-refractivity contribution in [1.29, 1.82) is 0 Å². The van der Waals surface area contributed by atoms with Crippen LogP contribution in [0.2, 0.25) is 0 Å². The summed E-state index contributed by atoms with van der Waals surface area (Å²) in [7, 11) is 4.09. The lowest BCUT2D eigenvalue weighted by atomic mass is 10.2. The van der Waals surface area contributed by atoms with Gasteiger partial charge < -0.3 is 10.2 Å². The Bertz CT molecular complexity index is 398. The average Bonchev–Trinajstić information content (AvgIpc) is 2.77. The van der Waals surface area contributed by atoms with Crippen LogP contribution >= 0.6 is 11.8 Å². The number of anilines is 2. The van der Waals surface area contributed by atoms with Gasteiger partial charge in [-0.3, -0.25) is 4.99 Å². The summed E-state index contributed by atoms with van der Waals surface area (Å²) in [5.74, 6) is 0. The molecule has 0 radical (unpaired) electrons. The number of hydrogen-bond acceptors (Lipinski definition) is 4. The lowest BCUT2D eigenvalue weighted by molar-refractivity contribution is 0.843. The molecule has 2 rings (SSSR count). The van der Waals surface area contributed by atoms with E-state index in [9.17, 15) is 0 Å². The predicted molar refractivity (Wildman–Crippen MR) is 78.4 cm³/mol. The Morgan fingerprint density at radius 2 is 2.06 bits per heavy atom. The molecule has 1 N–H and O–H groups in total. The molecule has 3 nitrogen and oxygen atoms in total. The summed E-state index contributed by atoms with van der Waals surface area (Å²) in [6.45, 7) is 3.15. The van der Waals surface area contributed by atoms with Gasteiger partial charge in [0, 0.05) is 30.7 Å². The Morgan fingerprint density at radius 3 is 2.59 bits per heavy atom. The third-order valence-corrected chi connectivity index (χ3v) is 4.08. The van der Waals surface area contributed by atoms with Crippen LogP contribution in [-0.2, 0) is 0 Å². The van der Waals surface area contributed by atoms with Crippen molar-refractivity contribution in [3.05, 3.63) is 24.3 Å². The van der Waals surface area contributed by atoms with Gasteiger partial charge in [-0.15, -0.1) is 0 Å². The van der Waals surface area contributed by atoms with Crippen molar-refractivity contribution in [2.75, 3.05) is 30.9 Å². The standard InChI is InChI=1S/C13H19N3S/c1-4-12-9-14-13(17-12)15-10-5-7-11(8-6-10)16(2)3/h5-8,12H,4,9H2,1-3H3,(H,14,15). The average molecular weight is 249 g/mol. The molecular formula is C13H19N3S. The summed E-state index contributed by atoms with van der Waals surface area (Å²) in [5, 5.41) is 5.07. The van der Waals surface area contributed by atoms with Gasteiger partial charge in [-0.2, -0.15) is 0 Å². The van der Waals surface area contributed by atoms with E-state index in [2.05, 4.69) is 46.4 Å². The Morgan fingerprint density at radius 1 is 1.35 bits per heavy atom. The molecule has 4 heteroatoms. The number of nitrogens with zero attached hydrogens (tertiary/aromatic N) is 2. The number of nitrogens with one attached hydrogen (secondary N) is 1. The molecule has 1 aromatic carbocycles. The predicted octanol–water partition coefficient (Wildman–Crippen LogP) is 3.05. The Hall–Kier alpha value is -1.16. The third kappa shape index (κ3) is 3.16. The molecule has 0 amide bonds. The summed E-state index contributed by atoms with van der Waals surface area (Å²) in [5.41, 5.74) is 2.32. The van der Waals surface area contributed by atoms with Crippen LogP contribution in [-0.4, -0.2) is 31.1 Å². The normalized spacial score (nSPS) is 19.0. The van der Waals surface area contributed by atoms with Crippen LogP contribution in [0.25, 0.3) is 0 Å². The van der Waals surface area contributed by atoms with Gasteiger partial charge in [-0.05, 0) is 30.7 Å². The van der Waals surface area contributed by atoms with Crippen molar-refractivity contribution < 1.29 is 0 Å². The maximum Gasteiger partial charge on any atom is 0.161 e. The lowest BCUT2D eigenvalue weighted by Crippen LogP contribution is -2.09. The highest BCUT2D eigenvalue weighted by Crippen LogP contribution is 2.25. The zero-order valence-electron chi connectivity index (χ0n) is 10.6. The van der Waals surface area contributed by atoms with Gasteiger partial charge in [0.05, 0.1) is 6.54 Å². The minimum Gasteiger partial charge on any atom is -0.378 e. The van der Waals surface area contributed by atoms with Crippen LogP contribution in [0.15, 0.2) is 29.3 Å². The molecule has 0 aliphatic carbocycles. The molecule has 0 spiro atoms. The molecule has 1 aromatic rings. The smallest absolute Gasteiger partial charge is 0.161 e. The second-order valence-electron chi connectivity index (χ2n) is 4.36. The number of rotatable bonds is 3. The first kappa shape index (κ1) is 12.3. The third-order valence-electron chi connectivity index (χ3n) is 2.81. The molecule has 17 heavy (non-hydrogen) atoms. The fraction of sp³-hybridized carbons (Fsp3) is 0.462. The van der Waals surface area contributed by atoms with Gasteiger partial charge in [0.1, 0.15) is 0 Å². The second-order valence-corrected chi connectivity index (χ2v) is 5.65. The van der Waals surface area contributed by atoms with E-state index in [1.807, 2.05) is 25.9 Å². The van der Waals surface area contributed by atoms with Crippen LogP contribution in [0.4, 0.5) is 11.4 Å². The van der Waals surface area contributed by atoms with Gasteiger partial charge in [0.15, 0.2) is 5.17 Å². The quantitative estimate of drug-likeness (QED) is 0.892. The van der Waals surface area contributed by atoms with Crippen molar-refractivity contribution in [3.63, 3.8) is 0 Å². The molecule has 0 saturated carbocycles. The molecule has 0 fully saturated rings. The van der Waals surface area contributed by atoms with E-state index in [-0.39, 0.29) is 0 Å². The van der Waals surface area contributed by atoms with Crippen LogP contribution in [0.5, 0.6) is 0 Å². The van der Waals surface area contributed by atoms with Gasteiger partial charge in [-0.1, -0.05) is 18.7 Å². The fourth-order valence-corrected chi connectivity index (χ4v) is 2.62. The highest BCUT2D eigenvalue weighted by Gasteiger charge is 2.17. The zero-order valence-corrected chi connectivity index (χ0v) is 11.4. The van der Waals surface area contributed by atoms with Crippen LogP contribution in [0, 0.1) is 0 Å². The number of hydrogen-bond donors (Lipinski definition) is 1. The summed E-state index contributed by atoms with van der Waals surface area (Å²) >= 11 is 1.84. The maximum atomic E-state index is 4.50. The van der Waals surface area contributed by atoms with E-state index in [1.54, 1.807) is 0 Å². The zero-order chi connectivity index (χ0) is 12.3. The van der Waals surface area contributed by atoms with Crippen molar-refractivity contribution in [2.45, 2.75) is 18.6 Å². The van der Waals surface area contributed by atoms with Crippen LogP contribution in [0.3, 0.4) is 0 Å². The van der Waals surface area contributed by atoms with Crippen molar-refractivity contribution >= 4 is 28.3 Å². The Balaban J connectivity index is 1.96. The SMILES string of the molecule is CCC1CN=C(Nc2ccc(N(C)C)cc2)S1. The van der Waals surface area contributed by atoms with Gasteiger partial charge >= 0.3 is 0 Å². The summed E-state index contributed by atoms with van der Waals surface area (Å²) in [6, 6.07) is 8.41. The van der Waals surface area contributed by atoms with E-state index in [0.717, 1.165) is 17.4 Å². The lowest BCUT2D eigenvalue weighted by Gasteiger charge is -2.13. The summed E-state index contributed by atoms with van der Waals surface area (Å²) in [6.07, 6.45) is 1.18. The maximum absolute atomic E-state index is 4.50. The van der Waals surface area contributed by atoms with Crippen molar-refractivity contribution in [3.8, 4) is 0 Å². The van der Waals surface area contributed by atoms with Gasteiger partial charge in [0.25, 0.3) is 0 Å². The van der Waals surface area contributed by atoms with E-state index in [1.165, 1.54) is 12.1 Å². The molecule has 0 bridgehead atoms. The van der Waals surface area contributed by atoms with E-state index >= 15 is 0 Å². The van der Waals surface area contributed by atoms with Crippen LogP contribution in [0.1, 0.15) is 13.3 Å². The molecule has 1 heterocycles. The largest absolute Gasteiger partial charge is 0.378 e. The van der Waals surface area contributed by atoms with E-state index in [0.29, 0.717) is 5.25 Å².